The molecule has 3 rings (SSSR count). The molecule has 0 fully saturated rings. The Morgan fingerprint density at radius 2 is 1.71 bits per heavy atom. The Hall–Kier alpha value is -2.95. The molecule has 0 aliphatic heterocycles. The van der Waals surface area contributed by atoms with Gasteiger partial charge in [0.2, 0.25) is 11.9 Å². The Morgan fingerprint density at radius 3 is 2.50 bits per heavy atom. The van der Waals surface area contributed by atoms with E-state index in [2.05, 4.69) is 45.5 Å². The Balaban J connectivity index is 1.94. The van der Waals surface area contributed by atoms with E-state index >= 15 is 0 Å². The Morgan fingerprint density at radius 1 is 0.917 bits per heavy atom. The SMILES string of the molecule is CC(C)Nc1nc(NC2=CC=CC=CC2)nc(-c2ccccc2)n1. The molecule has 0 radical (unpaired) electrons. The lowest BCUT2D eigenvalue weighted by molar-refractivity contribution is 0.868. The molecule has 1 aliphatic rings. The summed E-state index contributed by atoms with van der Waals surface area (Å²) >= 11 is 0. The van der Waals surface area contributed by atoms with Crippen LogP contribution in [0.3, 0.4) is 0 Å². The molecule has 122 valence electrons. The minimum Gasteiger partial charge on any atom is -0.352 e. The predicted octanol–water partition coefficient (Wildman–Crippen LogP) is 4.17. The highest BCUT2D eigenvalue weighted by Gasteiger charge is 2.10. The molecule has 0 bridgehead atoms. The van der Waals surface area contributed by atoms with Gasteiger partial charge in [-0.05, 0) is 19.9 Å². The lowest BCUT2D eigenvalue weighted by atomic mass is 10.2. The lowest BCUT2D eigenvalue weighted by Crippen LogP contribution is -2.15. The van der Waals surface area contributed by atoms with Crippen LogP contribution in [0.25, 0.3) is 11.4 Å². The number of anilines is 2. The van der Waals surface area contributed by atoms with Crippen molar-refractivity contribution in [2.24, 2.45) is 0 Å². The summed E-state index contributed by atoms with van der Waals surface area (Å²) in [6, 6.07) is 10.2. The third-order valence-electron chi connectivity index (χ3n) is 3.35. The van der Waals surface area contributed by atoms with Gasteiger partial charge in [0.1, 0.15) is 0 Å². The van der Waals surface area contributed by atoms with E-state index in [-0.39, 0.29) is 6.04 Å². The molecule has 5 nitrogen and oxygen atoms in total. The van der Waals surface area contributed by atoms with E-state index in [0.29, 0.717) is 17.7 Å². The number of benzene rings is 1. The second-order valence-electron chi connectivity index (χ2n) is 5.81. The average molecular weight is 319 g/mol. The van der Waals surface area contributed by atoms with Crippen molar-refractivity contribution in [2.45, 2.75) is 26.3 Å². The minimum atomic E-state index is 0.242. The van der Waals surface area contributed by atoms with Crippen LogP contribution < -0.4 is 10.6 Å². The van der Waals surface area contributed by atoms with E-state index in [9.17, 15) is 0 Å². The van der Waals surface area contributed by atoms with Crippen molar-refractivity contribution < 1.29 is 0 Å². The molecule has 0 saturated carbocycles. The van der Waals surface area contributed by atoms with Crippen molar-refractivity contribution in [1.82, 2.24) is 15.0 Å². The summed E-state index contributed by atoms with van der Waals surface area (Å²) in [6.07, 6.45) is 11.0. The first-order valence-corrected chi connectivity index (χ1v) is 8.08. The van der Waals surface area contributed by atoms with Crippen LogP contribution in [0, 0.1) is 0 Å². The van der Waals surface area contributed by atoms with Crippen LogP contribution in [0.2, 0.25) is 0 Å². The van der Waals surface area contributed by atoms with Gasteiger partial charge in [0, 0.05) is 23.7 Å². The number of rotatable bonds is 5. The highest BCUT2D eigenvalue weighted by Crippen LogP contribution is 2.19. The number of nitrogens with zero attached hydrogens (tertiary/aromatic N) is 3. The van der Waals surface area contributed by atoms with Gasteiger partial charge in [0.25, 0.3) is 0 Å². The summed E-state index contributed by atoms with van der Waals surface area (Å²) in [5.74, 6) is 1.76. The zero-order chi connectivity index (χ0) is 16.8. The van der Waals surface area contributed by atoms with Crippen LogP contribution in [0.5, 0.6) is 0 Å². The van der Waals surface area contributed by atoms with E-state index in [1.807, 2.05) is 54.6 Å². The van der Waals surface area contributed by atoms with Gasteiger partial charge in [-0.1, -0.05) is 54.6 Å². The van der Waals surface area contributed by atoms with Crippen LogP contribution >= 0.6 is 0 Å². The maximum atomic E-state index is 4.57. The van der Waals surface area contributed by atoms with Gasteiger partial charge in [-0.2, -0.15) is 15.0 Å². The highest BCUT2D eigenvalue weighted by molar-refractivity contribution is 5.58. The largest absolute Gasteiger partial charge is 0.352 e. The van der Waals surface area contributed by atoms with Gasteiger partial charge in [-0.15, -0.1) is 0 Å². The fraction of sp³-hybridized carbons (Fsp3) is 0.211. The molecule has 0 saturated heterocycles. The fourth-order valence-electron chi connectivity index (χ4n) is 2.28. The van der Waals surface area contributed by atoms with E-state index in [1.54, 1.807) is 0 Å². The van der Waals surface area contributed by atoms with Crippen molar-refractivity contribution in [1.29, 1.82) is 0 Å². The molecule has 2 aromatic rings. The van der Waals surface area contributed by atoms with Crippen LogP contribution in [0.15, 0.2) is 66.4 Å². The van der Waals surface area contributed by atoms with Crippen molar-refractivity contribution in [3.8, 4) is 11.4 Å². The summed E-state index contributed by atoms with van der Waals surface area (Å²) in [4.78, 5) is 13.6. The minimum absolute atomic E-state index is 0.242. The number of hydrogen-bond donors (Lipinski definition) is 2. The molecule has 0 atom stereocenters. The van der Waals surface area contributed by atoms with Gasteiger partial charge in [-0.25, -0.2) is 0 Å². The zero-order valence-corrected chi connectivity index (χ0v) is 13.9. The molecule has 1 aliphatic carbocycles. The quantitative estimate of drug-likeness (QED) is 0.866. The Labute approximate surface area is 142 Å². The molecule has 1 aromatic heterocycles. The van der Waals surface area contributed by atoms with Gasteiger partial charge < -0.3 is 10.6 Å². The summed E-state index contributed by atoms with van der Waals surface area (Å²) < 4.78 is 0. The van der Waals surface area contributed by atoms with E-state index in [4.69, 9.17) is 0 Å². The Bertz CT molecular complexity index is 776. The van der Waals surface area contributed by atoms with Crippen LogP contribution in [0.4, 0.5) is 11.9 Å². The van der Waals surface area contributed by atoms with E-state index < -0.39 is 0 Å². The standard InChI is InChI=1S/C19H21N5/c1-14(2)20-18-22-17(15-10-6-5-7-11-15)23-19(24-18)21-16-12-8-3-4-9-13-16/h3-12,14H,13H2,1-2H3,(H2,20,21,22,23,24). The molecule has 0 amide bonds. The van der Waals surface area contributed by atoms with Crippen molar-refractivity contribution in [3.05, 3.63) is 66.4 Å². The van der Waals surface area contributed by atoms with Crippen molar-refractivity contribution >= 4 is 11.9 Å². The Kier molecular flexibility index (Phi) is 5.01. The number of allylic oxidation sites excluding steroid dienone is 5. The fourth-order valence-corrected chi connectivity index (χ4v) is 2.28. The van der Waals surface area contributed by atoms with Gasteiger partial charge >= 0.3 is 0 Å². The molecule has 0 unspecified atom stereocenters. The molecular weight excluding hydrogens is 298 g/mol. The summed E-state index contributed by atoms with van der Waals surface area (Å²) in [5.41, 5.74) is 2.00. The van der Waals surface area contributed by atoms with E-state index in [0.717, 1.165) is 17.7 Å². The van der Waals surface area contributed by atoms with Gasteiger partial charge in [0.05, 0.1) is 0 Å². The molecule has 2 N–H and O–H groups in total. The third-order valence-corrected chi connectivity index (χ3v) is 3.35. The monoisotopic (exact) mass is 319 g/mol. The van der Waals surface area contributed by atoms with Crippen LogP contribution in [-0.2, 0) is 0 Å². The highest BCUT2D eigenvalue weighted by atomic mass is 15.2. The molecule has 0 spiro atoms. The normalized spacial score (nSPS) is 13.5. The van der Waals surface area contributed by atoms with Crippen molar-refractivity contribution in [2.75, 3.05) is 10.6 Å². The maximum absolute atomic E-state index is 4.57. The van der Waals surface area contributed by atoms with Gasteiger partial charge in [0.15, 0.2) is 5.82 Å². The molecule has 1 aromatic carbocycles. The van der Waals surface area contributed by atoms with Crippen molar-refractivity contribution in [3.63, 3.8) is 0 Å². The first-order valence-electron chi connectivity index (χ1n) is 8.08. The molecular formula is C19H21N5. The second kappa shape index (κ2) is 7.55. The third kappa shape index (κ3) is 4.29. The first-order chi connectivity index (χ1) is 11.7. The molecule has 24 heavy (non-hydrogen) atoms. The van der Waals surface area contributed by atoms with Crippen LogP contribution in [-0.4, -0.2) is 21.0 Å². The van der Waals surface area contributed by atoms with Gasteiger partial charge in [-0.3, -0.25) is 0 Å². The average Bonchev–Trinajstić information content (AvgIpc) is 2.83. The number of aromatic nitrogens is 3. The summed E-state index contributed by atoms with van der Waals surface area (Å²) in [5, 5.41) is 6.56. The number of hydrogen-bond acceptors (Lipinski definition) is 5. The molecule has 5 heteroatoms. The van der Waals surface area contributed by atoms with E-state index in [1.165, 1.54) is 0 Å². The molecule has 1 heterocycles. The topological polar surface area (TPSA) is 62.7 Å². The maximum Gasteiger partial charge on any atom is 0.232 e. The lowest BCUT2D eigenvalue weighted by Gasteiger charge is -2.13. The summed E-state index contributed by atoms with van der Waals surface area (Å²) in [6.45, 7) is 4.12. The predicted molar refractivity (Wildman–Crippen MR) is 98.6 cm³/mol. The zero-order valence-electron chi connectivity index (χ0n) is 13.9. The number of nitrogens with one attached hydrogen (secondary N) is 2. The smallest absolute Gasteiger partial charge is 0.232 e. The van der Waals surface area contributed by atoms with Crippen LogP contribution in [0.1, 0.15) is 20.3 Å². The summed E-state index contributed by atoms with van der Waals surface area (Å²) in [7, 11) is 0. The first kappa shape index (κ1) is 15.9. The second-order valence-corrected chi connectivity index (χ2v) is 5.81.